The Morgan fingerprint density at radius 3 is 2.68 bits per heavy atom. The molecule has 0 bridgehead atoms. The fourth-order valence-electron chi connectivity index (χ4n) is 1.14. The maximum Gasteiger partial charge on any atom is 0.322 e. The molecule has 9 heteroatoms. The number of thiazole rings is 1. The second kappa shape index (κ2) is 7.44. The van der Waals surface area contributed by atoms with Gasteiger partial charge in [-0.1, -0.05) is 0 Å². The minimum atomic E-state index is -1.15. The number of carbonyl (C=O) groups is 3. The second-order valence-electron chi connectivity index (χ2n) is 3.52. The van der Waals surface area contributed by atoms with E-state index in [1.165, 1.54) is 11.3 Å². The lowest BCUT2D eigenvalue weighted by Crippen LogP contribution is -2.39. The maximum absolute atomic E-state index is 11.6. The molecule has 0 aromatic carbocycles. The van der Waals surface area contributed by atoms with Gasteiger partial charge in [0.25, 0.3) is 5.91 Å². The van der Waals surface area contributed by atoms with Crippen LogP contribution in [0.3, 0.4) is 0 Å². The van der Waals surface area contributed by atoms with E-state index >= 15 is 0 Å². The Kier molecular flexibility index (Phi) is 5.90. The molecule has 1 aromatic heterocycles. The summed E-state index contributed by atoms with van der Waals surface area (Å²) in [4.78, 5) is 37.0. The molecule has 0 atom stereocenters. The van der Waals surface area contributed by atoms with Crippen LogP contribution in [-0.4, -0.2) is 47.5 Å². The molecule has 0 aliphatic carbocycles. The van der Waals surface area contributed by atoms with E-state index in [1.807, 2.05) is 0 Å². The summed E-state index contributed by atoms with van der Waals surface area (Å²) in [5, 5.41) is 15.2. The first-order chi connectivity index (χ1) is 9.02. The molecule has 1 aromatic rings. The van der Waals surface area contributed by atoms with E-state index in [0.29, 0.717) is 13.0 Å². The summed E-state index contributed by atoms with van der Waals surface area (Å²) in [6, 6.07) is 0. The average Bonchev–Trinajstić information content (AvgIpc) is 2.82. The van der Waals surface area contributed by atoms with Crippen molar-refractivity contribution in [2.45, 2.75) is 6.42 Å². The number of nitrogens with zero attached hydrogens (tertiary/aromatic N) is 1. The first kappa shape index (κ1) is 15.1. The van der Waals surface area contributed by atoms with Crippen LogP contribution in [0.15, 0.2) is 5.38 Å². The highest BCUT2D eigenvalue weighted by molar-refractivity contribution is 7.09. The zero-order valence-electron chi connectivity index (χ0n) is 10.0. The van der Waals surface area contributed by atoms with E-state index in [1.54, 1.807) is 5.38 Å². The molecule has 0 saturated heterocycles. The number of carbonyl (C=O) groups excluding carboxylic acids is 2. The van der Waals surface area contributed by atoms with Crippen LogP contribution in [0.2, 0.25) is 0 Å². The molecule has 2 amide bonds. The van der Waals surface area contributed by atoms with Gasteiger partial charge in [0.2, 0.25) is 5.91 Å². The molecule has 8 nitrogen and oxygen atoms in total. The Balaban J connectivity index is 2.37. The number of rotatable bonds is 7. The molecule has 1 rings (SSSR count). The summed E-state index contributed by atoms with van der Waals surface area (Å²) >= 11 is 1.32. The number of hydrogen-bond donors (Lipinski definition) is 4. The normalized spacial score (nSPS) is 9.95. The highest BCUT2D eigenvalue weighted by Crippen LogP contribution is 2.09. The predicted octanol–water partition coefficient (Wildman–Crippen LogP) is -1.43. The van der Waals surface area contributed by atoms with Gasteiger partial charge in [-0.25, -0.2) is 4.98 Å². The van der Waals surface area contributed by atoms with Gasteiger partial charge >= 0.3 is 5.97 Å². The molecule has 0 aliphatic heterocycles. The Labute approximate surface area is 113 Å². The lowest BCUT2D eigenvalue weighted by Gasteiger charge is -2.03. The number of nitrogens with one attached hydrogen (secondary N) is 2. The molecular weight excluding hydrogens is 272 g/mol. The average molecular weight is 286 g/mol. The van der Waals surface area contributed by atoms with Crippen molar-refractivity contribution in [1.82, 2.24) is 15.6 Å². The number of aliphatic carboxylic acids is 1. The molecule has 0 aliphatic rings. The molecule has 0 spiro atoms. The molecule has 5 N–H and O–H groups in total. The van der Waals surface area contributed by atoms with Crippen LogP contribution in [0.25, 0.3) is 0 Å². The van der Waals surface area contributed by atoms with E-state index in [-0.39, 0.29) is 12.2 Å². The lowest BCUT2D eigenvalue weighted by molar-refractivity contribution is -0.137. The third kappa shape index (κ3) is 5.44. The zero-order chi connectivity index (χ0) is 14.3. The van der Waals surface area contributed by atoms with Crippen LogP contribution in [0.4, 0.5) is 0 Å². The molecule has 0 unspecified atom stereocenters. The van der Waals surface area contributed by atoms with Gasteiger partial charge in [-0.15, -0.1) is 11.3 Å². The van der Waals surface area contributed by atoms with E-state index in [2.05, 4.69) is 15.6 Å². The van der Waals surface area contributed by atoms with Gasteiger partial charge in [-0.05, 0) is 6.54 Å². The van der Waals surface area contributed by atoms with Crippen LogP contribution >= 0.6 is 11.3 Å². The third-order valence-electron chi connectivity index (χ3n) is 1.99. The Morgan fingerprint density at radius 1 is 1.32 bits per heavy atom. The van der Waals surface area contributed by atoms with Crippen molar-refractivity contribution in [2.75, 3.05) is 19.6 Å². The first-order valence-electron chi connectivity index (χ1n) is 5.44. The minimum Gasteiger partial charge on any atom is -0.480 e. The standard InChI is InChI=1S/C10H14N4O4S/c11-2-1-8-14-6(5-19-8)10(18)13-3-7(15)12-4-9(16)17/h5H,1-4,11H2,(H,12,15)(H,13,18)(H,16,17). The van der Waals surface area contributed by atoms with Crippen molar-refractivity contribution in [3.05, 3.63) is 16.1 Å². The lowest BCUT2D eigenvalue weighted by atomic mass is 10.4. The molecule has 0 saturated carbocycles. The van der Waals surface area contributed by atoms with Crippen LogP contribution in [0.1, 0.15) is 15.5 Å². The number of carboxylic acids is 1. The Morgan fingerprint density at radius 2 is 2.05 bits per heavy atom. The topological polar surface area (TPSA) is 134 Å². The van der Waals surface area contributed by atoms with Gasteiger partial charge in [0, 0.05) is 11.8 Å². The van der Waals surface area contributed by atoms with Gasteiger partial charge < -0.3 is 21.5 Å². The van der Waals surface area contributed by atoms with E-state index < -0.39 is 24.3 Å². The van der Waals surface area contributed by atoms with Crippen LogP contribution < -0.4 is 16.4 Å². The fraction of sp³-hybridized carbons (Fsp3) is 0.400. The summed E-state index contributed by atoms with van der Waals surface area (Å²) in [6.45, 7) is -0.325. The van der Waals surface area contributed by atoms with E-state index in [9.17, 15) is 14.4 Å². The minimum absolute atomic E-state index is 0.222. The summed E-state index contributed by atoms with van der Waals surface area (Å²) in [5.41, 5.74) is 5.59. The van der Waals surface area contributed by atoms with Crippen molar-refractivity contribution >= 4 is 29.1 Å². The van der Waals surface area contributed by atoms with Crippen molar-refractivity contribution < 1.29 is 19.5 Å². The van der Waals surface area contributed by atoms with Crippen molar-refractivity contribution in [1.29, 1.82) is 0 Å². The largest absolute Gasteiger partial charge is 0.480 e. The molecule has 0 fully saturated rings. The molecule has 104 valence electrons. The van der Waals surface area contributed by atoms with Gasteiger partial charge in [0.05, 0.1) is 11.6 Å². The van der Waals surface area contributed by atoms with Gasteiger partial charge in [0.1, 0.15) is 12.2 Å². The van der Waals surface area contributed by atoms with Crippen LogP contribution in [-0.2, 0) is 16.0 Å². The number of carboxylic acid groups (broad SMARTS) is 1. The summed E-state index contributed by atoms with van der Waals surface area (Å²) in [6.07, 6.45) is 0.594. The van der Waals surface area contributed by atoms with Crippen molar-refractivity contribution in [3.63, 3.8) is 0 Å². The summed E-state index contributed by atoms with van der Waals surface area (Å²) < 4.78 is 0. The predicted molar refractivity (Wildman–Crippen MR) is 67.9 cm³/mol. The quantitative estimate of drug-likeness (QED) is 0.485. The highest BCUT2D eigenvalue weighted by atomic mass is 32.1. The number of nitrogens with two attached hydrogens (primary N) is 1. The smallest absolute Gasteiger partial charge is 0.322 e. The zero-order valence-corrected chi connectivity index (χ0v) is 10.8. The monoisotopic (exact) mass is 286 g/mol. The SMILES string of the molecule is NCCc1nc(C(=O)NCC(=O)NCC(=O)O)cs1. The number of aromatic nitrogens is 1. The molecular formula is C10H14N4O4S. The highest BCUT2D eigenvalue weighted by Gasteiger charge is 2.12. The Hall–Kier alpha value is -2.00. The maximum atomic E-state index is 11.6. The Bertz CT molecular complexity index is 474. The second-order valence-corrected chi connectivity index (χ2v) is 4.46. The third-order valence-corrected chi connectivity index (χ3v) is 2.90. The van der Waals surface area contributed by atoms with Crippen molar-refractivity contribution in [3.8, 4) is 0 Å². The fourth-order valence-corrected chi connectivity index (χ4v) is 1.94. The summed E-state index contributed by atoms with van der Waals surface area (Å²) in [5.74, 6) is -2.20. The summed E-state index contributed by atoms with van der Waals surface area (Å²) in [7, 11) is 0. The van der Waals surface area contributed by atoms with Gasteiger partial charge in [0.15, 0.2) is 0 Å². The number of amides is 2. The van der Waals surface area contributed by atoms with Crippen LogP contribution in [0.5, 0.6) is 0 Å². The molecule has 0 radical (unpaired) electrons. The van der Waals surface area contributed by atoms with Gasteiger partial charge in [-0.2, -0.15) is 0 Å². The molecule has 19 heavy (non-hydrogen) atoms. The van der Waals surface area contributed by atoms with Crippen molar-refractivity contribution in [2.24, 2.45) is 5.73 Å². The number of hydrogen-bond acceptors (Lipinski definition) is 6. The molecule has 1 heterocycles. The first-order valence-corrected chi connectivity index (χ1v) is 6.32. The van der Waals surface area contributed by atoms with Crippen LogP contribution in [0, 0.1) is 0 Å². The van der Waals surface area contributed by atoms with Gasteiger partial charge in [-0.3, -0.25) is 14.4 Å². The van der Waals surface area contributed by atoms with E-state index in [0.717, 1.165) is 5.01 Å². The van der Waals surface area contributed by atoms with E-state index in [4.69, 9.17) is 10.8 Å².